The average Bonchev–Trinajstić information content (AvgIpc) is 2.43. The van der Waals surface area contributed by atoms with Crippen LogP contribution in [0.4, 0.5) is 0 Å². The monoisotopic (exact) mass is 266 g/mol. The molecular weight excluding hydrogens is 236 g/mol. The van der Waals surface area contributed by atoms with Gasteiger partial charge in [0.2, 0.25) is 5.91 Å². The predicted molar refractivity (Wildman–Crippen MR) is 80.4 cm³/mol. The SMILES string of the molecule is [CH]CCCCCN(CCCCC[CH])C(=O)CCCN. The maximum absolute atomic E-state index is 12.1. The number of nitrogens with zero attached hydrogens (tertiary/aromatic N) is 1. The van der Waals surface area contributed by atoms with Crippen LogP contribution in [0.3, 0.4) is 0 Å². The molecule has 0 saturated heterocycles. The second kappa shape index (κ2) is 13.9. The van der Waals surface area contributed by atoms with Gasteiger partial charge in [-0.15, -0.1) is 0 Å². The van der Waals surface area contributed by atoms with E-state index < -0.39 is 0 Å². The smallest absolute Gasteiger partial charge is 0.222 e. The van der Waals surface area contributed by atoms with E-state index in [0.29, 0.717) is 13.0 Å². The Morgan fingerprint density at radius 1 is 0.842 bits per heavy atom. The van der Waals surface area contributed by atoms with E-state index >= 15 is 0 Å². The van der Waals surface area contributed by atoms with Crippen molar-refractivity contribution in [3.8, 4) is 0 Å². The molecule has 0 bridgehead atoms. The zero-order chi connectivity index (χ0) is 14.3. The molecule has 0 heterocycles. The highest BCUT2D eigenvalue weighted by Crippen LogP contribution is 2.07. The molecule has 0 aromatic carbocycles. The minimum Gasteiger partial charge on any atom is -0.343 e. The molecule has 0 unspecified atom stereocenters. The lowest BCUT2D eigenvalue weighted by Gasteiger charge is -2.23. The van der Waals surface area contributed by atoms with Crippen molar-refractivity contribution in [3.63, 3.8) is 0 Å². The number of amides is 1. The molecule has 3 heteroatoms. The van der Waals surface area contributed by atoms with Gasteiger partial charge in [0.15, 0.2) is 0 Å². The normalized spacial score (nSPS) is 10.7. The highest BCUT2D eigenvalue weighted by Gasteiger charge is 2.11. The molecular formula is C16H30N2O. The Morgan fingerprint density at radius 3 is 1.79 bits per heavy atom. The molecule has 0 rings (SSSR count). The van der Waals surface area contributed by atoms with Gasteiger partial charge in [0.25, 0.3) is 0 Å². The molecule has 0 aliphatic rings. The van der Waals surface area contributed by atoms with E-state index in [0.717, 1.165) is 70.9 Å². The van der Waals surface area contributed by atoms with Crippen LogP contribution in [-0.4, -0.2) is 30.4 Å². The lowest BCUT2D eigenvalue weighted by atomic mass is 10.1. The Labute approximate surface area is 119 Å². The van der Waals surface area contributed by atoms with E-state index in [2.05, 4.69) is 0 Å². The van der Waals surface area contributed by atoms with E-state index in [9.17, 15) is 4.79 Å². The van der Waals surface area contributed by atoms with Crippen LogP contribution in [0.2, 0.25) is 0 Å². The maximum atomic E-state index is 12.1. The second-order valence-electron chi connectivity index (χ2n) is 4.97. The van der Waals surface area contributed by atoms with Gasteiger partial charge < -0.3 is 10.6 Å². The fraction of sp³-hybridized carbons (Fsp3) is 0.812. The van der Waals surface area contributed by atoms with Crippen LogP contribution in [0.1, 0.15) is 64.2 Å². The number of nitrogens with two attached hydrogens (primary N) is 1. The third-order valence-corrected chi connectivity index (χ3v) is 3.21. The highest BCUT2D eigenvalue weighted by molar-refractivity contribution is 5.76. The molecule has 110 valence electrons. The summed E-state index contributed by atoms with van der Waals surface area (Å²) in [4.78, 5) is 14.0. The third kappa shape index (κ3) is 11.0. The van der Waals surface area contributed by atoms with Crippen LogP contribution >= 0.6 is 0 Å². The van der Waals surface area contributed by atoms with Gasteiger partial charge in [-0.25, -0.2) is 0 Å². The van der Waals surface area contributed by atoms with Crippen LogP contribution in [0.25, 0.3) is 0 Å². The first-order valence-corrected chi connectivity index (χ1v) is 7.64. The van der Waals surface area contributed by atoms with Crippen molar-refractivity contribution in [2.45, 2.75) is 64.2 Å². The lowest BCUT2D eigenvalue weighted by Crippen LogP contribution is -2.33. The van der Waals surface area contributed by atoms with Crippen LogP contribution in [-0.2, 0) is 4.79 Å². The molecule has 19 heavy (non-hydrogen) atoms. The second-order valence-corrected chi connectivity index (χ2v) is 4.97. The highest BCUT2D eigenvalue weighted by atomic mass is 16.2. The van der Waals surface area contributed by atoms with Gasteiger partial charge in [-0.05, 0) is 52.5 Å². The molecule has 1 amide bonds. The minimum absolute atomic E-state index is 0.242. The van der Waals surface area contributed by atoms with E-state index in [1.165, 1.54) is 0 Å². The average molecular weight is 266 g/mol. The van der Waals surface area contributed by atoms with E-state index in [-0.39, 0.29) is 5.91 Å². The first-order valence-electron chi connectivity index (χ1n) is 7.64. The maximum Gasteiger partial charge on any atom is 0.222 e. The molecule has 0 fully saturated rings. The van der Waals surface area contributed by atoms with Gasteiger partial charge in [-0.2, -0.15) is 0 Å². The Balaban J connectivity index is 3.94. The molecule has 0 saturated carbocycles. The Kier molecular flexibility index (Phi) is 13.4. The summed E-state index contributed by atoms with van der Waals surface area (Å²) < 4.78 is 0. The number of hydrogen-bond acceptors (Lipinski definition) is 2. The zero-order valence-corrected chi connectivity index (χ0v) is 12.3. The van der Waals surface area contributed by atoms with Crippen molar-refractivity contribution in [1.82, 2.24) is 4.90 Å². The van der Waals surface area contributed by atoms with Crippen LogP contribution in [0.15, 0.2) is 0 Å². The van der Waals surface area contributed by atoms with Gasteiger partial charge >= 0.3 is 0 Å². The van der Waals surface area contributed by atoms with Crippen molar-refractivity contribution in [1.29, 1.82) is 0 Å². The molecule has 0 atom stereocenters. The Morgan fingerprint density at radius 2 is 1.37 bits per heavy atom. The molecule has 0 aromatic heterocycles. The Bertz CT molecular complexity index is 195. The summed E-state index contributed by atoms with van der Waals surface area (Å²) >= 11 is 0. The van der Waals surface area contributed by atoms with Crippen molar-refractivity contribution in [2.24, 2.45) is 5.73 Å². The van der Waals surface area contributed by atoms with E-state index in [1.807, 2.05) is 4.90 Å². The fourth-order valence-corrected chi connectivity index (χ4v) is 2.02. The summed E-state index contributed by atoms with van der Waals surface area (Å²) in [5.74, 6) is 0.242. The number of carbonyl (C=O) groups excluding carboxylic acids is 1. The topological polar surface area (TPSA) is 46.3 Å². The molecule has 0 spiro atoms. The number of unbranched alkanes of at least 4 members (excludes halogenated alkanes) is 6. The largest absolute Gasteiger partial charge is 0.343 e. The summed E-state index contributed by atoms with van der Waals surface area (Å²) in [6.45, 7) is 13.2. The first-order chi connectivity index (χ1) is 9.26. The van der Waals surface area contributed by atoms with Crippen molar-refractivity contribution in [3.05, 3.63) is 13.8 Å². The van der Waals surface area contributed by atoms with Crippen molar-refractivity contribution >= 4 is 5.91 Å². The molecule has 0 aliphatic heterocycles. The summed E-state index contributed by atoms with van der Waals surface area (Å²) in [6.07, 6.45) is 9.18. The Hall–Kier alpha value is -0.570. The molecule has 3 nitrogen and oxygen atoms in total. The van der Waals surface area contributed by atoms with Crippen LogP contribution in [0, 0.1) is 13.8 Å². The third-order valence-electron chi connectivity index (χ3n) is 3.21. The standard InChI is InChI=1S/C16H30N2O/c1-3-5-7-9-14-18(15-10-8-6-4-2)16(19)12-11-13-17/h1-2H,3-15,17H2. The summed E-state index contributed by atoms with van der Waals surface area (Å²) in [7, 11) is 0. The molecule has 4 radical (unpaired) electrons. The summed E-state index contributed by atoms with van der Waals surface area (Å²) in [5, 5.41) is 0. The zero-order valence-electron chi connectivity index (χ0n) is 12.3. The van der Waals surface area contributed by atoms with E-state index in [4.69, 9.17) is 19.6 Å². The quantitative estimate of drug-likeness (QED) is 0.521. The van der Waals surface area contributed by atoms with Gasteiger partial charge in [0.1, 0.15) is 0 Å². The molecule has 0 aliphatic carbocycles. The minimum atomic E-state index is 0.242. The van der Waals surface area contributed by atoms with Crippen molar-refractivity contribution in [2.75, 3.05) is 19.6 Å². The molecule has 0 aromatic rings. The predicted octanol–water partition coefficient (Wildman–Crippen LogP) is 3.10. The first kappa shape index (κ1) is 18.4. The fourth-order valence-electron chi connectivity index (χ4n) is 2.02. The molecule has 2 N–H and O–H groups in total. The van der Waals surface area contributed by atoms with Crippen LogP contribution in [0.5, 0.6) is 0 Å². The number of carbonyl (C=O) groups is 1. The summed E-state index contributed by atoms with van der Waals surface area (Å²) in [6, 6.07) is 0. The van der Waals surface area contributed by atoms with Crippen molar-refractivity contribution < 1.29 is 4.79 Å². The van der Waals surface area contributed by atoms with Gasteiger partial charge in [0.05, 0.1) is 0 Å². The lowest BCUT2D eigenvalue weighted by molar-refractivity contribution is -0.131. The van der Waals surface area contributed by atoms with E-state index in [1.54, 1.807) is 0 Å². The summed E-state index contributed by atoms with van der Waals surface area (Å²) in [5.41, 5.74) is 5.46. The van der Waals surface area contributed by atoms with Gasteiger partial charge in [-0.3, -0.25) is 4.79 Å². The number of hydrogen-bond donors (Lipinski definition) is 1. The van der Waals surface area contributed by atoms with Crippen LogP contribution < -0.4 is 5.73 Å². The number of rotatable bonds is 13. The van der Waals surface area contributed by atoms with Gasteiger partial charge in [0, 0.05) is 19.5 Å². The van der Waals surface area contributed by atoms with Gasteiger partial charge in [-0.1, -0.05) is 25.7 Å².